The summed E-state index contributed by atoms with van der Waals surface area (Å²) in [6.07, 6.45) is 0.475. The fraction of sp³-hybridized carbons (Fsp3) is 0.364. The van der Waals surface area contributed by atoms with Crippen molar-refractivity contribution < 1.29 is 14.3 Å². The fourth-order valence-corrected chi connectivity index (χ4v) is 3.31. The molecule has 0 aliphatic rings. The summed E-state index contributed by atoms with van der Waals surface area (Å²) in [4.78, 5) is 27.2. The van der Waals surface area contributed by atoms with E-state index < -0.39 is 6.04 Å². The molecule has 0 aliphatic heterocycles. The summed E-state index contributed by atoms with van der Waals surface area (Å²) in [5.74, 6) is 0.165. The van der Waals surface area contributed by atoms with Crippen LogP contribution in [0, 0.1) is 6.92 Å². The minimum absolute atomic E-state index is 0.165. The quantitative estimate of drug-likeness (QED) is 0.623. The van der Waals surface area contributed by atoms with Gasteiger partial charge in [-0.2, -0.15) is 0 Å². The number of amides is 2. The average Bonchev–Trinajstić information content (AvgIpc) is 2.70. The number of carbonyl (C=O) groups excluding carboxylic acids is 2. The third-order valence-electron chi connectivity index (χ3n) is 4.52. The molecule has 0 bridgehead atoms. The zero-order valence-corrected chi connectivity index (χ0v) is 18.4. The molecule has 0 saturated carbocycles. The highest BCUT2D eigenvalue weighted by atomic mass is 35.5. The number of benzene rings is 2. The molecule has 1 unspecified atom stereocenters. The number of hydrogen-bond donors (Lipinski definition) is 1. The van der Waals surface area contributed by atoms with Crippen molar-refractivity contribution in [1.82, 2.24) is 10.2 Å². The van der Waals surface area contributed by atoms with Gasteiger partial charge in [0.25, 0.3) is 5.91 Å². The van der Waals surface area contributed by atoms with Gasteiger partial charge in [-0.3, -0.25) is 9.59 Å². The van der Waals surface area contributed by atoms with Gasteiger partial charge in [0.1, 0.15) is 11.8 Å². The van der Waals surface area contributed by atoms with Gasteiger partial charge >= 0.3 is 0 Å². The highest BCUT2D eigenvalue weighted by Crippen LogP contribution is 2.24. The van der Waals surface area contributed by atoms with Gasteiger partial charge in [0.2, 0.25) is 5.91 Å². The van der Waals surface area contributed by atoms with Crippen molar-refractivity contribution in [3.8, 4) is 5.75 Å². The van der Waals surface area contributed by atoms with Gasteiger partial charge < -0.3 is 15.0 Å². The Labute approximate surface area is 181 Å². The number of nitrogens with one attached hydrogen (secondary N) is 1. The van der Waals surface area contributed by atoms with Gasteiger partial charge in [-0.1, -0.05) is 54.4 Å². The van der Waals surface area contributed by atoms with Crippen molar-refractivity contribution in [2.24, 2.45) is 0 Å². The van der Waals surface area contributed by atoms with Crippen molar-refractivity contribution >= 4 is 35.0 Å². The van der Waals surface area contributed by atoms with Gasteiger partial charge in [0, 0.05) is 13.1 Å². The highest BCUT2D eigenvalue weighted by Gasteiger charge is 2.28. The summed E-state index contributed by atoms with van der Waals surface area (Å²) < 4.78 is 5.72. The van der Waals surface area contributed by atoms with E-state index in [1.807, 2.05) is 45.0 Å². The van der Waals surface area contributed by atoms with Crippen LogP contribution in [-0.2, 0) is 16.1 Å². The number of likely N-dealkylation sites (N-methyl/N-ethyl adjacent to an activating group) is 1. The van der Waals surface area contributed by atoms with Gasteiger partial charge in [-0.15, -0.1) is 0 Å². The maximum atomic E-state index is 13.1. The first-order chi connectivity index (χ1) is 13.9. The summed E-state index contributed by atoms with van der Waals surface area (Å²) in [5, 5.41) is 3.64. The van der Waals surface area contributed by atoms with Crippen LogP contribution in [-0.4, -0.2) is 35.9 Å². The van der Waals surface area contributed by atoms with Crippen molar-refractivity contribution in [3.05, 3.63) is 63.6 Å². The van der Waals surface area contributed by atoms with Crippen molar-refractivity contribution in [2.45, 2.75) is 39.8 Å². The van der Waals surface area contributed by atoms with E-state index in [-0.39, 0.29) is 25.0 Å². The third kappa shape index (κ3) is 6.38. The molecule has 0 aliphatic carbocycles. The molecule has 7 heteroatoms. The zero-order chi connectivity index (χ0) is 21.4. The summed E-state index contributed by atoms with van der Waals surface area (Å²) in [6, 6.07) is 12.0. The molecule has 2 rings (SSSR count). The van der Waals surface area contributed by atoms with Crippen LogP contribution in [0.25, 0.3) is 0 Å². The first-order valence-corrected chi connectivity index (χ1v) is 10.3. The molecule has 1 N–H and O–H groups in total. The SMILES string of the molecule is CCNC(=O)C(CC)N(Cc1ccc(Cl)c(Cl)c1)C(=O)COc1ccccc1C. The monoisotopic (exact) mass is 436 g/mol. The van der Waals surface area contributed by atoms with Crippen LogP contribution in [0.15, 0.2) is 42.5 Å². The van der Waals surface area contributed by atoms with Crippen molar-refractivity contribution in [2.75, 3.05) is 13.2 Å². The van der Waals surface area contributed by atoms with Crippen molar-refractivity contribution in [3.63, 3.8) is 0 Å². The van der Waals surface area contributed by atoms with E-state index in [2.05, 4.69) is 5.32 Å². The third-order valence-corrected chi connectivity index (χ3v) is 5.26. The second-order valence-corrected chi connectivity index (χ2v) is 7.46. The minimum atomic E-state index is -0.614. The normalized spacial score (nSPS) is 11.6. The van der Waals surface area contributed by atoms with E-state index in [9.17, 15) is 9.59 Å². The Morgan fingerprint density at radius 1 is 1.10 bits per heavy atom. The highest BCUT2D eigenvalue weighted by molar-refractivity contribution is 6.42. The number of ether oxygens (including phenoxy) is 1. The second-order valence-electron chi connectivity index (χ2n) is 6.64. The zero-order valence-electron chi connectivity index (χ0n) is 16.9. The van der Waals surface area contributed by atoms with E-state index in [1.165, 1.54) is 4.90 Å². The lowest BCUT2D eigenvalue weighted by Crippen LogP contribution is -2.50. The lowest BCUT2D eigenvalue weighted by molar-refractivity contribution is -0.142. The Balaban J connectivity index is 2.24. The summed E-state index contributed by atoms with van der Waals surface area (Å²) in [6.45, 7) is 6.18. The molecule has 29 heavy (non-hydrogen) atoms. The Morgan fingerprint density at radius 2 is 1.83 bits per heavy atom. The number of rotatable bonds is 9. The van der Waals surface area contributed by atoms with Gasteiger partial charge in [0.05, 0.1) is 10.0 Å². The molecule has 0 fully saturated rings. The number of hydrogen-bond acceptors (Lipinski definition) is 3. The van der Waals surface area contributed by atoms with Crippen LogP contribution >= 0.6 is 23.2 Å². The molecule has 0 heterocycles. The maximum absolute atomic E-state index is 13.1. The number of carbonyl (C=O) groups is 2. The maximum Gasteiger partial charge on any atom is 0.261 e. The molecule has 0 spiro atoms. The summed E-state index contributed by atoms with van der Waals surface area (Å²) in [5.41, 5.74) is 1.72. The number of halogens is 2. The number of para-hydroxylation sites is 1. The Hall–Kier alpha value is -2.24. The van der Waals surface area contributed by atoms with Crippen LogP contribution in [0.1, 0.15) is 31.4 Å². The summed E-state index contributed by atoms with van der Waals surface area (Å²) >= 11 is 12.1. The molecule has 156 valence electrons. The molecule has 2 aromatic rings. The molecule has 0 saturated heterocycles. The lowest BCUT2D eigenvalue weighted by Gasteiger charge is -2.30. The standard InChI is InChI=1S/C22H26Cl2N2O3/c1-4-19(22(28)25-5-2)26(13-16-10-11-17(23)18(24)12-16)21(27)14-29-20-9-7-6-8-15(20)3/h6-12,19H,4-5,13-14H2,1-3H3,(H,25,28). The van der Waals surface area contributed by atoms with Crippen LogP contribution in [0.5, 0.6) is 5.75 Å². The molecule has 1 atom stereocenters. The van der Waals surface area contributed by atoms with Gasteiger partial charge in [-0.25, -0.2) is 0 Å². The summed E-state index contributed by atoms with van der Waals surface area (Å²) in [7, 11) is 0. The molecule has 5 nitrogen and oxygen atoms in total. The van der Waals surface area contributed by atoms with Crippen LogP contribution in [0.2, 0.25) is 10.0 Å². The van der Waals surface area contributed by atoms with E-state index in [4.69, 9.17) is 27.9 Å². The largest absolute Gasteiger partial charge is 0.484 e. The first-order valence-electron chi connectivity index (χ1n) is 9.56. The van der Waals surface area contributed by atoms with E-state index in [1.54, 1.807) is 18.2 Å². The molecular formula is C22H26Cl2N2O3. The van der Waals surface area contributed by atoms with Crippen LogP contribution in [0.4, 0.5) is 0 Å². The van der Waals surface area contributed by atoms with Crippen molar-refractivity contribution in [1.29, 1.82) is 0 Å². The van der Waals surface area contributed by atoms with E-state index in [0.717, 1.165) is 11.1 Å². The smallest absolute Gasteiger partial charge is 0.261 e. The average molecular weight is 437 g/mol. The van der Waals surface area contributed by atoms with Crippen LogP contribution < -0.4 is 10.1 Å². The first kappa shape index (κ1) is 23.0. The predicted octanol–water partition coefficient (Wildman–Crippen LogP) is 4.62. The topological polar surface area (TPSA) is 58.6 Å². The number of nitrogens with zero attached hydrogens (tertiary/aromatic N) is 1. The lowest BCUT2D eigenvalue weighted by atomic mass is 10.1. The van der Waals surface area contributed by atoms with E-state index >= 15 is 0 Å². The second kappa shape index (κ2) is 11.1. The molecule has 0 radical (unpaired) electrons. The Bertz CT molecular complexity index is 858. The Morgan fingerprint density at radius 3 is 2.45 bits per heavy atom. The Kier molecular flexibility index (Phi) is 8.80. The predicted molar refractivity (Wildman–Crippen MR) is 116 cm³/mol. The van der Waals surface area contributed by atoms with Crippen LogP contribution in [0.3, 0.4) is 0 Å². The number of aryl methyl sites for hydroxylation is 1. The molecule has 2 amide bonds. The van der Waals surface area contributed by atoms with E-state index in [0.29, 0.717) is 28.8 Å². The molecule has 0 aromatic heterocycles. The molecule has 2 aromatic carbocycles. The molecular weight excluding hydrogens is 411 g/mol. The minimum Gasteiger partial charge on any atom is -0.484 e. The van der Waals surface area contributed by atoms with Gasteiger partial charge in [0.15, 0.2) is 6.61 Å². The fourth-order valence-electron chi connectivity index (χ4n) is 2.99. The van der Waals surface area contributed by atoms with Gasteiger partial charge in [-0.05, 0) is 49.6 Å².